The summed E-state index contributed by atoms with van der Waals surface area (Å²) in [7, 11) is 1.36. The summed E-state index contributed by atoms with van der Waals surface area (Å²) in [6.45, 7) is 1.46. The zero-order chi connectivity index (χ0) is 16.9. The van der Waals surface area contributed by atoms with Gasteiger partial charge in [0, 0.05) is 24.7 Å². The SMILES string of the molecule is COc1ccc(C(=O)NCc2nc(C3CCOCC3)no2)cc1F. The number of carbonyl (C=O) groups excluding carboxylic acids is 1. The molecule has 1 aromatic carbocycles. The molecule has 1 aliphatic rings. The summed E-state index contributed by atoms with van der Waals surface area (Å²) in [5.41, 5.74) is 0.192. The van der Waals surface area contributed by atoms with Gasteiger partial charge in [0.15, 0.2) is 17.4 Å². The van der Waals surface area contributed by atoms with E-state index in [9.17, 15) is 9.18 Å². The average molecular weight is 335 g/mol. The quantitative estimate of drug-likeness (QED) is 0.900. The molecule has 2 aromatic rings. The second-order valence-electron chi connectivity index (χ2n) is 5.46. The molecular formula is C16H18FN3O4. The van der Waals surface area contributed by atoms with Crippen LogP contribution in [0.25, 0.3) is 0 Å². The molecular weight excluding hydrogens is 317 g/mol. The van der Waals surface area contributed by atoms with Gasteiger partial charge in [0.2, 0.25) is 5.89 Å². The van der Waals surface area contributed by atoms with Gasteiger partial charge in [-0.25, -0.2) is 4.39 Å². The molecule has 0 spiro atoms. The molecule has 0 saturated carbocycles. The first-order chi connectivity index (χ1) is 11.7. The van der Waals surface area contributed by atoms with Gasteiger partial charge in [0.1, 0.15) is 0 Å². The van der Waals surface area contributed by atoms with Crippen molar-refractivity contribution in [3.63, 3.8) is 0 Å². The van der Waals surface area contributed by atoms with Crippen LogP contribution < -0.4 is 10.1 Å². The van der Waals surface area contributed by atoms with Crippen LogP contribution >= 0.6 is 0 Å². The van der Waals surface area contributed by atoms with Crippen molar-refractivity contribution in [2.45, 2.75) is 25.3 Å². The lowest BCUT2D eigenvalue weighted by molar-refractivity contribution is 0.0830. The minimum Gasteiger partial charge on any atom is -0.494 e. The van der Waals surface area contributed by atoms with E-state index >= 15 is 0 Å². The number of methoxy groups -OCH3 is 1. The number of aromatic nitrogens is 2. The molecule has 0 unspecified atom stereocenters. The van der Waals surface area contributed by atoms with E-state index in [0.717, 1.165) is 18.9 Å². The van der Waals surface area contributed by atoms with E-state index in [2.05, 4.69) is 15.5 Å². The Morgan fingerprint density at radius 3 is 2.92 bits per heavy atom. The number of benzene rings is 1. The Bertz CT molecular complexity index is 713. The predicted molar refractivity (Wildman–Crippen MR) is 81.2 cm³/mol. The molecule has 0 aliphatic carbocycles. The van der Waals surface area contributed by atoms with Gasteiger partial charge >= 0.3 is 0 Å². The highest BCUT2D eigenvalue weighted by atomic mass is 19.1. The number of halogens is 1. The molecule has 0 radical (unpaired) electrons. The Morgan fingerprint density at radius 2 is 2.21 bits per heavy atom. The van der Waals surface area contributed by atoms with Crippen molar-refractivity contribution in [3.05, 3.63) is 41.3 Å². The Kier molecular flexibility index (Phi) is 5.05. The molecule has 0 atom stereocenters. The van der Waals surface area contributed by atoms with Crippen LogP contribution in [-0.2, 0) is 11.3 Å². The maximum absolute atomic E-state index is 13.6. The third kappa shape index (κ3) is 3.70. The van der Waals surface area contributed by atoms with Gasteiger partial charge in [-0.1, -0.05) is 5.16 Å². The highest BCUT2D eigenvalue weighted by molar-refractivity contribution is 5.94. The summed E-state index contributed by atoms with van der Waals surface area (Å²) < 4.78 is 28.9. The van der Waals surface area contributed by atoms with Crippen LogP contribution in [0.15, 0.2) is 22.7 Å². The molecule has 0 bridgehead atoms. The van der Waals surface area contributed by atoms with Gasteiger partial charge in [-0.2, -0.15) is 4.98 Å². The van der Waals surface area contributed by atoms with Gasteiger partial charge in [0.05, 0.1) is 13.7 Å². The van der Waals surface area contributed by atoms with Crippen LogP contribution in [0.2, 0.25) is 0 Å². The van der Waals surface area contributed by atoms with Crippen molar-refractivity contribution in [3.8, 4) is 5.75 Å². The van der Waals surface area contributed by atoms with Crippen molar-refractivity contribution < 1.29 is 23.2 Å². The third-order valence-corrected chi connectivity index (χ3v) is 3.88. The lowest BCUT2D eigenvalue weighted by Crippen LogP contribution is -2.23. The number of carbonyl (C=O) groups is 1. The van der Waals surface area contributed by atoms with E-state index < -0.39 is 11.7 Å². The molecule has 1 N–H and O–H groups in total. The van der Waals surface area contributed by atoms with Gasteiger partial charge in [-0.3, -0.25) is 4.79 Å². The van der Waals surface area contributed by atoms with E-state index in [1.54, 1.807) is 0 Å². The van der Waals surface area contributed by atoms with E-state index in [1.165, 1.54) is 19.2 Å². The topological polar surface area (TPSA) is 86.5 Å². The molecule has 2 heterocycles. The zero-order valence-corrected chi connectivity index (χ0v) is 13.3. The zero-order valence-electron chi connectivity index (χ0n) is 13.3. The van der Waals surface area contributed by atoms with Crippen LogP contribution in [0.4, 0.5) is 4.39 Å². The summed E-state index contributed by atoms with van der Waals surface area (Å²) in [6.07, 6.45) is 1.72. The number of nitrogens with one attached hydrogen (secondary N) is 1. The van der Waals surface area contributed by atoms with E-state index in [4.69, 9.17) is 14.0 Å². The summed E-state index contributed by atoms with van der Waals surface area (Å²) in [6, 6.07) is 4.01. The molecule has 1 amide bonds. The predicted octanol–water partition coefficient (Wildman–Crippen LogP) is 2.04. The number of rotatable bonds is 5. The normalized spacial score (nSPS) is 15.2. The largest absolute Gasteiger partial charge is 0.494 e. The summed E-state index contributed by atoms with van der Waals surface area (Å²) in [5, 5.41) is 6.59. The number of hydrogen-bond acceptors (Lipinski definition) is 6. The van der Waals surface area contributed by atoms with E-state index in [-0.39, 0.29) is 23.8 Å². The maximum atomic E-state index is 13.6. The van der Waals surface area contributed by atoms with Gasteiger partial charge in [0.25, 0.3) is 5.91 Å². The highest BCUT2D eigenvalue weighted by Crippen LogP contribution is 2.24. The smallest absolute Gasteiger partial charge is 0.251 e. The number of nitrogens with zero attached hydrogens (tertiary/aromatic N) is 2. The lowest BCUT2D eigenvalue weighted by atomic mass is 10.00. The minimum absolute atomic E-state index is 0.0860. The number of ether oxygens (including phenoxy) is 2. The van der Waals surface area contributed by atoms with Crippen molar-refractivity contribution in [1.29, 1.82) is 0 Å². The monoisotopic (exact) mass is 335 g/mol. The molecule has 128 valence electrons. The van der Waals surface area contributed by atoms with Crippen molar-refractivity contribution in [1.82, 2.24) is 15.5 Å². The molecule has 8 heteroatoms. The lowest BCUT2D eigenvalue weighted by Gasteiger charge is -2.18. The summed E-state index contributed by atoms with van der Waals surface area (Å²) in [4.78, 5) is 16.4. The van der Waals surface area contributed by atoms with Crippen LogP contribution in [-0.4, -0.2) is 36.4 Å². The molecule has 3 rings (SSSR count). The van der Waals surface area contributed by atoms with Crippen molar-refractivity contribution in [2.24, 2.45) is 0 Å². The van der Waals surface area contributed by atoms with Crippen molar-refractivity contribution in [2.75, 3.05) is 20.3 Å². The third-order valence-electron chi connectivity index (χ3n) is 3.88. The number of hydrogen-bond donors (Lipinski definition) is 1. The molecule has 7 nitrogen and oxygen atoms in total. The van der Waals surface area contributed by atoms with Crippen LogP contribution in [0, 0.1) is 5.82 Å². The fraction of sp³-hybridized carbons (Fsp3) is 0.438. The minimum atomic E-state index is -0.593. The van der Waals surface area contributed by atoms with Gasteiger partial charge in [-0.15, -0.1) is 0 Å². The molecule has 1 fully saturated rings. The maximum Gasteiger partial charge on any atom is 0.251 e. The second kappa shape index (κ2) is 7.39. The van der Waals surface area contributed by atoms with Crippen LogP contribution in [0.1, 0.15) is 40.8 Å². The fourth-order valence-corrected chi connectivity index (χ4v) is 2.53. The summed E-state index contributed by atoms with van der Waals surface area (Å²) >= 11 is 0. The Balaban J connectivity index is 1.58. The second-order valence-corrected chi connectivity index (χ2v) is 5.46. The molecule has 1 aliphatic heterocycles. The van der Waals surface area contributed by atoms with Crippen LogP contribution in [0.5, 0.6) is 5.75 Å². The first kappa shape index (κ1) is 16.4. The Labute approximate surface area is 138 Å². The highest BCUT2D eigenvalue weighted by Gasteiger charge is 2.21. The summed E-state index contributed by atoms with van der Waals surface area (Å²) in [5.74, 6) is 0.246. The van der Waals surface area contributed by atoms with E-state index in [1.807, 2.05) is 0 Å². The molecule has 1 saturated heterocycles. The van der Waals surface area contributed by atoms with Crippen molar-refractivity contribution >= 4 is 5.91 Å². The van der Waals surface area contributed by atoms with Crippen LogP contribution in [0.3, 0.4) is 0 Å². The first-order valence-corrected chi connectivity index (χ1v) is 7.69. The van der Waals surface area contributed by atoms with Gasteiger partial charge < -0.3 is 19.3 Å². The molecule has 24 heavy (non-hydrogen) atoms. The molecule has 1 aromatic heterocycles. The van der Waals surface area contributed by atoms with Gasteiger partial charge in [-0.05, 0) is 31.0 Å². The Morgan fingerprint density at radius 1 is 1.42 bits per heavy atom. The van der Waals surface area contributed by atoms with E-state index in [0.29, 0.717) is 24.9 Å². The fourth-order valence-electron chi connectivity index (χ4n) is 2.53. The first-order valence-electron chi connectivity index (χ1n) is 7.69. The Hall–Kier alpha value is -2.48. The average Bonchev–Trinajstić information content (AvgIpc) is 3.09. The standard InChI is InChI=1S/C16H18FN3O4/c1-22-13-3-2-11(8-12(13)17)16(21)18-9-14-19-15(20-24-14)10-4-6-23-7-5-10/h2-3,8,10H,4-7,9H2,1H3,(H,18,21). The number of amides is 1.